The summed E-state index contributed by atoms with van der Waals surface area (Å²) in [6, 6.07) is 4.93. The topological polar surface area (TPSA) is 101 Å². The monoisotopic (exact) mass is 414 g/mol. The van der Waals surface area contributed by atoms with Crippen LogP contribution in [0.25, 0.3) is 0 Å². The first-order valence-corrected chi connectivity index (χ1v) is 10.4. The van der Waals surface area contributed by atoms with Crippen LogP contribution in [0.5, 0.6) is 5.75 Å². The van der Waals surface area contributed by atoms with Crippen molar-refractivity contribution in [2.24, 2.45) is 0 Å². The van der Waals surface area contributed by atoms with Crippen LogP contribution in [0.2, 0.25) is 0 Å². The van der Waals surface area contributed by atoms with Crippen molar-refractivity contribution in [3.8, 4) is 5.75 Å². The van der Waals surface area contributed by atoms with Crippen LogP contribution in [0, 0.1) is 6.92 Å². The smallest absolute Gasteiger partial charge is 0.248 e. The normalized spacial score (nSPS) is 22.6. The van der Waals surface area contributed by atoms with Gasteiger partial charge in [0.1, 0.15) is 22.9 Å². The fraction of sp³-hybridized carbons (Fsp3) is 0.450. The highest BCUT2D eigenvalue weighted by Gasteiger charge is 2.44. The maximum atomic E-state index is 12.8. The van der Waals surface area contributed by atoms with Crippen LogP contribution < -0.4 is 10.1 Å². The first kappa shape index (κ1) is 19.5. The fourth-order valence-corrected chi connectivity index (χ4v) is 4.38. The Balaban J connectivity index is 1.49. The van der Waals surface area contributed by atoms with E-state index in [1.54, 1.807) is 11.8 Å². The third-order valence-corrected chi connectivity index (χ3v) is 6.21. The number of amides is 2. The highest BCUT2D eigenvalue weighted by Crippen LogP contribution is 2.40. The Morgan fingerprint density at radius 1 is 1.34 bits per heavy atom. The Morgan fingerprint density at radius 2 is 2.17 bits per heavy atom. The van der Waals surface area contributed by atoms with Gasteiger partial charge in [-0.05, 0) is 32.4 Å². The summed E-state index contributed by atoms with van der Waals surface area (Å²) in [5.74, 6) is 0.188. The molecule has 3 heterocycles. The number of rotatable bonds is 3. The summed E-state index contributed by atoms with van der Waals surface area (Å²) in [6.07, 6.45) is 1.42. The molecule has 1 aromatic carbocycles. The van der Waals surface area contributed by atoms with Gasteiger partial charge in [0.05, 0.1) is 12.0 Å². The summed E-state index contributed by atoms with van der Waals surface area (Å²) in [6.45, 7) is 3.98. The summed E-state index contributed by atoms with van der Waals surface area (Å²) in [4.78, 5) is 39.6. The second kappa shape index (κ2) is 7.55. The Kier molecular flexibility index (Phi) is 5.08. The van der Waals surface area contributed by atoms with Gasteiger partial charge in [-0.15, -0.1) is 10.2 Å². The molecule has 0 aliphatic carbocycles. The number of aromatic nitrogens is 2. The molecule has 0 unspecified atom stereocenters. The van der Waals surface area contributed by atoms with E-state index in [2.05, 4.69) is 15.5 Å². The molecule has 2 aromatic rings. The molecule has 2 aliphatic heterocycles. The summed E-state index contributed by atoms with van der Waals surface area (Å²) >= 11 is 1.22. The van der Waals surface area contributed by atoms with Gasteiger partial charge in [0.15, 0.2) is 5.78 Å². The number of carbonyl (C=O) groups excluding carboxylic acids is 3. The maximum absolute atomic E-state index is 12.8. The SMILES string of the molecule is Cc1ccc2c(c1)C(=O)C[C@]1(CCC(=O)N([C@@H](C)C(=O)Nc3nncs3)CC1)O2. The lowest BCUT2D eigenvalue weighted by molar-refractivity contribution is -0.137. The number of likely N-dealkylation sites (tertiary alicyclic amines) is 1. The van der Waals surface area contributed by atoms with Crippen molar-refractivity contribution in [3.05, 3.63) is 34.8 Å². The fourth-order valence-electron chi connectivity index (χ4n) is 3.93. The predicted molar refractivity (Wildman–Crippen MR) is 107 cm³/mol. The number of hydrogen-bond donors (Lipinski definition) is 1. The van der Waals surface area contributed by atoms with Crippen molar-refractivity contribution in [1.82, 2.24) is 15.1 Å². The number of ketones is 1. The number of fused-ring (bicyclic) bond motifs is 1. The Hall–Kier alpha value is -2.81. The van der Waals surface area contributed by atoms with E-state index in [1.807, 2.05) is 25.1 Å². The van der Waals surface area contributed by atoms with Crippen LogP contribution >= 0.6 is 11.3 Å². The van der Waals surface area contributed by atoms with Crippen LogP contribution in [0.3, 0.4) is 0 Å². The molecule has 2 aliphatic rings. The van der Waals surface area contributed by atoms with Crippen molar-refractivity contribution in [2.45, 2.75) is 51.2 Å². The van der Waals surface area contributed by atoms with Gasteiger partial charge in [-0.2, -0.15) is 0 Å². The van der Waals surface area contributed by atoms with E-state index in [1.165, 1.54) is 16.8 Å². The number of Topliss-reactive ketones (excluding diaryl/α,β-unsaturated/α-hetero) is 1. The minimum absolute atomic E-state index is 0.0397. The minimum Gasteiger partial charge on any atom is -0.486 e. The number of carbonyl (C=O) groups is 3. The largest absolute Gasteiger partial charge is 0.486 e. The molecular formula is C20H22N4O4S. The van der Waals surface area contributed by atoms with Gasteiger partial charge in [0.2, 0.25) is 16.9 Å². The molecule has 29 heavy (non-hydrogen) atoms. The van der Waals surface area contributed by atoms with Crippen molar-refractivity contribution in [3.63, 3.8) is 0 Å². The second-order valence-corrected chi connectivity index (χ2v) is 8.46. The van der Waals surface area contributed by atoms with Gasteiger partial charge >= 0.3 is 0 Å². The Bertz CT molecular complexity index is 961. The van der Waals surface area contributed by atoms with E-state index in [-0.39, 0.29) is 30.4 Å². The van der Waals surface area contributed by atoms with E-state index in [4.69, 9.17) is 4.74 Å². The van der Waals surface area contributed by atoms with Crippen LogP contribution in [0.1, 0.15) is 48.5 Å². The molecular weight excluding hydrogens is 392 g/mol. The molecule has 2 amide bonds. The van der Waals surface area contributed by atoms with Crippen LogP contribution in [0.15, 0.2) is 23.7 Å². The van der Waals surface area contributed by atoms with E-state index in [9.17, 15) is 14.4 Å². The zero-order valence-electron chi connectivity index (χ0n) is 16.3. The molecule has 4 rings (SSSR count). The lowest BCUT2D eigenvalue weighted by Crippen LogP contribution is -2.46. The first-order chi connectivity index (χ1) is 13.9. The Labute approximate surface area is 172 Å². The number of ether oxygens (including phenoxy) is 1. The molecule has 2 atom stereocenters. The summed E-state index contributed by atoms with van der Waals surface area (Å²) in [7, 11) is 0. The highest BCUT2D eigenvalue weighted by molar-refractivity contribution is 7.13. The van der Waals surface area contributed by atoms with Gasteiger partial charge < -0.3 is 9.64 Å². The molecule has 1 spiro atoms. The van der Waals surface area contributed by atoms with Gasteiger partial charge in [-0.3, -0.25) is 19.7 Å². The predicted octanol–water partition coefficient (Wildman–Crippen LogP) is 2.59. The lowest BCUT2D eigenvalue weighted by atomic mass is 9.84. The average Bonchev–Trinajstić information content (AvgIpc) is 3.14. The average molecular weight is 414 g/mol. The number of nitrogens with one attached hydrogen (secondary N) is 1. The van der Waals surface area contributed by atoms with Gasteiger partial charge in [0, 0.05) is 19.4 Å². The minimum atomic E-state index is -0.709. The van der Waals surface area contributed by atoms with Gasteiger partial charge in [0.25, 0.3) is 0 Å². The molecule has 0 saturated carbocycles. The molecule has 0 bridgehead atoms. The van der Waals surface area contributed by atoms with Crippen molar-refractivity contribution in [1.29, 1.82) is 0 Å². The van der Waals surface area contributed by atoms with Crippen molar-refractivity contribution in [2.75, 3.05) is 11.9 Å². The zero-order chi connectivity index (χ0) is 20.6. The van der Waals surface area contributed by atoms with Crippen molar-refractivity contribution >= 4 is 34.1 Å². The maximum Gasteiger partial charge on any atom is 0.248 e. The van der Waals surface area contributed by atoms with E-state index in [0.717, 1.165) is 5.56 Å². The highest BCUT2D eigenvalue weighted by atomic mass is 32.1. The number of benzene rings is 1. The van der Waals surface area contributed by atoms with Gasteiger partial charge in [-0.1, -0.05) is 23.0 Å². The van der Waals surface area contributed by atoms with E-state index < -0.39 is 11.6 Å². The van der Waals surface area contributed by atoms with Crippen LogP contribution in [0.4, 0.5) is 5.13 Å². The standard InChI is InChI=1S/C20H22N4O4S/c1-12-3-4-16-14(9-12)15(25)10-20(28-16)6-5-17(26)24(8-7-20)13(2)18(27)22-19-23-21-11-29-19/h3-4,9,11,13H,5-8,10H2,1-2H3,(H,22,23,27)/t13-,20+/m0/s1. The third-order valence-electron chi connectivity index (χ3n) is 5.60. The third kappa shape index (κ3) is 3.87. The van der Waals surface area contributed by atoms with E-state index in [0.29, 0.717) is 35.8 Å². The second-order valence-electron chi connectivity index (χ2n) is 7.63. The molecule has 9 heteroatoms. The number of aryl methyl sites for hydroxylation is 1. The van der Waals surface area contributed by atoms with Crippen LogP contribution in [-0.2, 0) is 9.59 Å². The van der Waals surface area contributed by atoms with Crippen molar-refractivity contribution < 1.29 is 19.1 Å². The molecule has 1 fully saturated rings. The van der Waals surface area contributed by atoms with E-state index >= 15 is 0 Å². The molecule has 8 nitrogen and oxygen atoms in total. The summed E-state index contributed by atoms with van der Waals surface area (Å²) in [5, 5.41) is 10.6. The molecule has 152 valence electrons. The number of hydrogen-bond acceptors (Lipinski definition) is 7. The van der Waals surface area contributed by atoms with Gasteiger partial charge in [-0.25, -0.2) is 0 Å². The molecule has 0 radical (unpaired) electrons. The summed E-state index contributed by atoms with van der Waals surface area (Å²) < 4.78 is 6.27. The molecule has 1 N–H and O–H groups in total. The zero-order valence-corrected chi connectivity index (χ0v) is 17.1. The number of nitrogens with zero attached hydrogens (tertiary/aromatic N) is 3. The molecule has 1 saturated heterocycles. The lowest BCUT2D eigenvalue weighted by Gasteiger charge is -2.37. The summed E-state index contributed by atoms with van der Waals surface area (Å²) in [5.41, 5.74) is 2.43. The first-order valence-electron chi connectivity index (χ1n) is 9.56. The molecule has 1 aromatic heterocycles. The quantitative estimate of drug-likeness (QED) is 0.828. The van der Waals surface area contributed by atoms with Crippen LogP contribution in [-0.4, -0.2) is 50.9 Å². The number of anilines is 1. The Morgan fingerprint density at radius 3 is 2.93 bits per heavy atom.